The summed E-state index contributed by atoms with van der Waals surface area (Å²) in [6, 6.07) is 15.2. The van der Waals surface area contributed by atoms with E-state index >= 15 is 0 Å². The van der Waals surface area contributed by atoms with Crippen molar-refractivity contribution in [3.05, 3.63) is 70.8 Å². The molecule has 0 spiro atoms. The van der Waals surface area contributed by atoms with Crippen LogP contribution in [0.2, 0.25) is 0 Å². The van der Waals surface area contributed by atoms with Crippen LogP contribution in [0.25, 0.3) is 22.1 Å². The van der Waals surface area contributed by atoms with Gasteiger partial charge in [-0.1, -0.05) is 23.8 Å². The number of aromatic nitrogens is 1. The van der Waals surface area contributed by atoms with Crippen LogP contribution in [0, 0.1) is 13.8 Å². The Morgan fingerprint density at radius 3 is 2.52 bits per heavy atom. The molecule has 1 fully saturated rings. The minimum atomic E-state index is -3.37. The third kappa shape index (κ3) is 3.46. The zero-order valence-electron chi connectivity index (χ0n) is 17.6. The second-order valence-electron chi connectivity index (χ2n) is 8.58. The van der Waals surface area contributed by atoms with Crippen molar-refractivity contribution >= 4 is 33.7 Å². The average Bonchev–Trinajstić information content (AvgIpc) is 3.01. The van der Waals surface area contributed by atoms with Crippen molar-refractivity contribution in [3.8, 4) is 0 Å². The lowest BCUT2D eigenvalue weighted by Crippen LogP contribution is -2.45. The van der Waals surface area contributed by atoms with Gasteiger partial charge >= 0.3 is 5.92 Å². The van der Waals surface area contributed by atoms with E-state index in [0.717, 1.165) is 38.9 Å². The van der Waals surface area contributed by atoms with Crippen LogP contribution in [0.4, 0.5) is 14.6 Å². The van der Waals surface area contributed by atoms with E-state index in [4.69, 9.17) is 9.40 Å². The number of nitrogens with zero attached hydrogens (tertiary/aromatic N) is 2. The van der Waals surface area contributed by atoms with E-state index in [2.05, 4.69) is 11.0 Å². The summed E-state index contributed by atoms with van der Waals surface area (Å²) in [5.41, 5.74) is 4.35. The predicted molar refractivity (Wildman–Crippen MR) is 117 cm³/mol. The van der Waals surface area contributed by atoms with Crippen LogP contribution in [0.5, 0.6) is 0 Å². The van der Waals surface area contributed by atoms with Crippen molar-refractivity contribution in [2.24, 2.45) is 0 Å². The van der Waals surface area contributed by atoms with E-state index in [9.17, 15) is 13.6 Å². The Bertz CT molecular complexity index is 1330. The molecular weight excluding hydrogens is 398 g/mol. The Hall–Kier alpha value is -3.28. The standard InChI is InChI=1S/C25H22F2N2O2/c1-14-4-5-19-20-6-7-22(28-24(20)31-21(19)10-14)29-12-18(13-29)16-8-15(2)9-17(11-16)23(30)25(3,26)27/h4-11,18H,12-13H2,1-3H3. The van der Waals surface area contributed by atoms with Gasteiger partial charge in [0, 0.05) is 42.3 Å². The van der Waals surface area contributed by atoms with E-state index in [1.165, 1.54) is 6.07 Å². The van der Waals surface area contributed by atoms with Gasteiger partial charge in [-0.2, -0.15) is 13.8 Å². The number of furan rings is 1. The highest BCUT2D eigenvalue weighted by Gasteiger charge is 2.35. The number of ketones is 1. The molecule has 0 bridgehead atoms. The summed E-state index contributed by atoms with van der Waals surface area (Å²) in [6.45, 7) is 5.90. The number of fused-ring (bicyclic) bond motifs is 3. The Balaban J connectivity index is 1.38. The quantitative estimate of drug-likeness (QED) is 0.378. The molecule has 6 heteroatoms. The SMILES string of the molecule is Cc1cc(C(=O)C(C)(F)F)cc(C2CN(c3ccc4c(n3)oc3cc(C)ccc34)C2)c1. The fraction of sp³-hybridized carbons (Fsp3) is 0.280. The highest BCUT2D eigenvalue weighted by Crippen LogP contribution is 2.35. The van der Waals surface area contributed by atoms with E-state index < -0.39 is 11.7 Å². The first-order valence-corrected chi connectivity index (χ1v) is 10.3. The molecule has 0 atom stereocenters. The molecule has 4 nitrogen and oxygen atoms in total. The number of hydrogen-bond donors (Lipinski definition) is 0. The highest BCUT2D eigenvalue weighted by molar-refractivity contribution is 6.04. The molecule has 1 saturated heterocycles. The summed E-state index contributed by atoms with van der Waals surface area (Å²) in [5, 5.41) is 2.03. The smallest absolute Gasteiger partial charge is 0.307 e. The Labute approximate surface area is 178 Å². The first-order valence-electron chi connectivity index (χ1n) is 10.3. The minimum Gasteiger partial charge on any atom is -0.438 e. The van der Waals surface area contributed by atoms with Gasteiger partial charge in [-0.15, -0.1) is 0 Å². The van der Waals surface area contributed by atoms with Gasteiger partial charge in [0.15, 0.2) is 0 Å². The van der Waals surface area contributed by atoms with Crippen LogP contribution in [0.15, 0.2) is 52.9 Å². The van der Waals surface area contributed by atoms with Crippen LogP contribution >= 0.6 is 0 Å². The maximum atomic E-state index is 13.5. The van der Waals surface area contributed by atoms with Crippen molar-refractivity contribution in [1.29, 1.82) is 0 Å². The van der Waals surface area contributed by atoms with E-state index in [0.29, 0.717) is 25.7 Å². The van der Waals surface area contributed by atoms with Crippen LogP contribution in [-0.2, 0) is 0 Å². The summed E-state index contributed by atoms with van der Waals surface area (Å²) in [6.07, 6.45) is 0. The lowest BCUT2D eigenvalue weighted by molar-refractivity contribution is 0.0221. The molecule has 0 N–H and O–H groups in total. The molecule has 1 aliphatic heterocycles. The second-order valence-corrected chi connectivity index (χ2v) is 8.58. The first-order chi connectivity index (χ1) is 14.7. The summed E-state index contributed by atoms with van der Waals surface area (Å²) >= 11 is 0. The molecule has 31 heavy (non-hydrogen) atoms. The molecule has 3 heterocycles. The second kappa shape index (κ2) is 6.87. The molecule has 0 saturated carbocycles. The molecule has 158 valence electrons. The number of aryl methyl sites for hydroxylation is 2. The number of halogens is 2. The Kier molecular flexibility index (Phi) is 4.36. The molecule has 5 rings (SSSR count). The molecule has 0 amide bonds. The fourth-order valence-electron chi connectivity index (χ4n) is 4.24. The number of Topliss-reactive ketones (excluding diaryl/α,β-unsaturated/α-hetero) is 1. The highest BCUT2D eigenvalue weighted by atomic mass is 19.3. The number of rotatable bonds is 4. The van der Waals surface area contributed by atoms with Gasteiger partial charge in [-0.25, -0.2) is 0 Å². The minimum absolute atomic E-state index is 0.0677. The summed E-state index contributed by atoms with van der Waals surface area (Å²) < 4.78 is 32.9. The van der Waals surface area contributed by atoms with Crippen molar-refractivity contribution in [1.82, 2.24) is 4.98 Å². The van der Waals surface area contributed by atoms with Gasteiger partial charge in [0.05, 0.1) is 0 Å². The van der Waals surface area contributed by atoms with Gasteiger partial charge in [-0.05, 0) is 55.3 Å². The monoisotopic (exact) mass is 420 g/mol. The predicted octanol–water partition coefficient (Wildman–Crippen LogP) is 6.04. The van der Waals surface area contributed by atoms with E-state index in [1.54, 1.807) is 6.07 Å². The normalized spacial score (nSPS) is 14.9. The third-order valence-electron chi connectivity index (χ3n) is 5.92. The van der Waals surface area contributed by atoms with E-state index in [-0.39, 0.29) is 11.5 Å². The number of pyridine rings is 1. The first kappa shape index (κ1) is 19.7. The largest absolute Gasteiger partial charge is 0.438 e. The topological polar surface area (TPSA) is 46.3 Å². The maximum Gasteiger partial charge on any atom is 0.307 e. The average molecular weight is 420 g/mol. The summed E-state index contributed by atoms with van der Waals surface area (Å²) in [7, 11) is 0. The van der Waals surface area contributed by atoms with Crippen molar-refractivity contribution < 1.29 is 18.0 Å². The van der Waals surface area contributed by atoms with Gasteiger partial charge in [-0.3, -0.25) is 4.79 Å². The van der Waals surface area contributed by atoms with Gasteiger partial charge in [0.1, 0.15) is 11.4 Å². The number of benzene rings is 2. The number of carbonyl (C=O) groups excluding carboxylic acids is 1. The molecule has 0 unspecified atom stereocenters. The molecule has 4 aromatic rings. The van der Waals surface area contributed by atoms with Gasteiger partial charge < -0.3 is 9.32 Å². The van der Waals surface area contributed by atoms with Crippen LogP contribution in [0.3, 0.4) is 0 Å². The third-order valence-corrected chi connectivity index (χ3v) is 5.92. The van der Waals surface area contributed by atoms with Crippen LogP contribution in [-0.4, -0.2) is 29.8 Å². The number of anilines is 1. The van der Waals surface area contributed by atoms with Crippen molar-refractivity contribution in [2.75, 3.05) is 18.0 Å². The fourth-order valence-corrected chi connectivity index (χ4v) is 4.24. The van der Waals surface area contributed by atoms with Crippen molar-refractivity contribution in [2.45, 2.75) is 32.6 Å². The Morgan fingerprint density at radius 2 is 1.77 bits per heavy atom. The number of alkyl halides is 2. The molecule has 0 radical (unpaired) electrons. The molecular formula is C25H22F2N2O2. The summed E-state index contributed by atoms with van der Waals surface area (Å²) in [5.74, 6) is -3.53. The molecule has 2 aromatic heterocycles. The molecule has 1 aliphatic rings. The Morgan fingerprint density at radius 1 is 1.03 bits per heavy atom. The lowest BCUT2D eigenvalue weighted by Gasteiger charge is -2.40. The molecule has 2 aromatic carbocycles. The van der Waals surface area contributed by atoms with Crippen LogP contribution in [0.1, 0.15) is 39.9 Å². The number of carbonyl (C=O) groups is 1. The van der Waals surface area contributed by atoms with Gasteiger partial charge in [0.2, 0.25) is 11.5 Å². The lowest BCUT2D eigenvalue weighted by atomic mass is 9.88. The van der Waals surface area contributed by atoms with Crippen LogP contribution < -0.4 is 4.90 Å². The zero-order valence-corrected chi connectivity index (χ0v) is 17.6. The number of hydrogen-bond acceptors (Lipinski definition) is 4. The van der Waals surface area contributed by atoms with E-state index in [1.807, 2.05) is 44.2 Å². The maximum absolute atomic E-state index is 13.5. The molecule has 0 aliphatic carbocycles. The van der Waals surface area contributed by atoms with Crippen molar-refractivity contribution in [3.63, 3.8) is 0 Å². The zero-order chi connectivity index (χ0) is 21.9. The van der Waals surface area contributed by atoms with Gasteiger partial charge in [0.25, 0.3) is 0 Å². The summed E-state index contributed by atoms with van der Waals surface area (Å²) in [4.78, 5) is 18.8.